The summed E-state index contributed by atoms with van der Waals surface area (Å²) in [4.78, 5) is 31.8. The van der Waals surface area contributed by atoms with Crippen LogP contribution in [0.2, 0.25) is 5.02 Å². The maximum Gasteiger partial charge on any atom is 0.351 e. The fourth-order valence-electron chi connectivity index (χ4n) is 3.64. The monoisotopic (exact) mass is 489 g/mol. The molecule has 7 nitrogen and oxygen atoms in total. The van der Waals surface area contributed by atoms with Crippen LogP contribution in [-0.2, 0) is 11.3 Å². The normalized spacial score (nSPS) is 11.3. The summed E-state index contributed by atoms with van der Waals surface area (Å²) in [5.41, 5.74) is 3.89. The van der Waals surface area contributed by atoms with Crippen LogP contribution in [-0.4, -0.2) is 25.1 Å². The van der Waals surface area contributed by atoms with Crippen molar-refractivity contribution in [1.29, 1.82) is 0 Å². The molecule has 0 spiro atoms. The summed E-state index contributed by atoms with van der Waals surface area (Å²) in [5, 5.41) is 8.41. The molecular weight excluding hydrogens is 470 g/mol. The van der Waals surface area contributed by atoms with Gasteiger partial charge in [0.25, 0.3) is 0 Å². The number of aromatic nitrogens is 4. The van der Waals surface area contributed by atoms with Gasteiger partial charge in [0.2, 0.25) is 5.91 Å². The second-order valence-corrected chi connectivity index (χ2v) is 9.41. The number of halogens is 1. The lowest BCUT2D eigenvalue weighted by molar-refractivity contribution is -0.117. The van der Waals surface area contributed by atoms with Crippen molar-refractivity contribution in [3.63, 3.8) is 0 Å². The Balaban J connectivity index is 1.55. The summed E-state index contributed by atoms with van der Waals surface area (Å²) < 4.78 is 2.67. The van der Waals surface area contributed by atoms with E-state index < -0.39 is 5.69 Å². The Hall–Kier alpha value is -3.62. The van der Waals surface area contributed by atoms with Crippen LogP contribution in [0.15, 0.2) is 81.4 Å². The van der Waals surface area contributed by atoms with E-state index in [-0.39, 0.29) is 12.5 Å². The molecular formula is C25H20ClN5O2S. The molecule has 5 aromatic rings. The molecule has 5 rings (SSSR count). The summed E-state index contributed by atoms with van der Waals surface area (Å²) in [7, 11) is 0. The van der Waals surface area contributed by atoms with Gasteiger partial charge in [-0.05, 0) is 55.8 Å². The van der Waals surface area contributed by atoms with Gasteiger partial charge in [0.05, 0.1) is 11.0 Å². The van der Waals surface area contributed by atoms with Gasteiger partial charge in [-0.15, -0.1) is 5.10 Å². The molecule has 0 aliphatic rings. The van der Waals surface area contributed by atoms with E-state index in [4.69, 9.17) is 16.6 Å². The molecule has 3 aromatic carbocycles. The number of fused-ring (bicyclic) bond motifs is 3. The average Bonchev–Trinajstić information content (AvgIpc) is 3.13. The maximum absolute atomic E-state index is 13.3. The lowest BCUT2D eigenvalue weighted by atomic mass is 10.2. The standard InChI is InChI=1S/C25H20ClN5O2S/c1-15-6-5-7-18(12-15)34-24-23-29-30(14-22(32)27-17-11-10-16(2)19(26)13-17)25(33)31(23)21-9-4-3-8-20(21)28-24/h3-13H,14H2,1-2H3,(H,27,32). The third-order valence-electron chi connectivity index (χ3n) is 5.33. The molecule has 0 unspecified atom stereocenters. The van der Waals surface area contributed by atoms with Gasteiger partial charge in [0.1, 0.15) is 11.6 Å². The van der Waals surface area contributed by atoms with Crippen LogP contribution >= 0.6 is 23.4 Å². The van der Waals surface area contributed by atoms with Gasteiger partial charge in [-0.2, -0.15) is 0 Å². The lowest BCUT2D eigenvalue weighted by Crippen LogP contribution is -2.28. The first-order valence-electron chi connectivity index (χ1n) is 10.6. The number of hydrogen-bond acceptors (Lipinski definition) is 5. The minimum Gasteiger partial charge on any atom is -0.324 e. The molecule has 0 saturated carbocycles. The maximum atomic E-state index is 13.3. The highest BCUT2D eigenvalue weighted by Gasteiger charge is 2.18. The number of anilines is 1. The number of carbonyl (C=O) groups excluding carboxylic acids is 1. The highest BCUT2D eigenvalue weighted by molar-refractivity contribution is 7.99. The second kappa shape index (κ2) is 8.96. The van der Waals surface area contributed by atoms with Gasteiger partial charge < -0.3 is 5.32 Å². The van der Waals surface area contributed by atoms with Crippen molar-refractivity contribution in [3.05, 3.63) is 93.4 Å². The first-order chi connectivity index (χ1) is 16.4. The van der Waals surface area contributed by atoms with E-state index in [0.29, 0.717) is 32.4 Å². The van der Waals surface area contributed by atoms with Crippen LogP contribution in [0.25, 0.3) is 16.7 Å². The van der Waals surface area contributed by atoms with E-state index in [1.165, 1.54) is 16.2 Å². The Bertz CT molecular complexity index is 1630. The summed E-state index contributed by atoms with van der Waals surface area (Å²) in [6, 6.07) is 20.7. The Morgan fingerprint density at radius 1 is 1.06 bits per heavy atom. The summed E-state index contributed by atoms with van der Waals surface area (Å²) >= 11 is 7.58. The van der Waals surface area contributed by atoms with Crippen LogP contribution in [0.5, 0.6) is 0 Å². The topological polar surface area (TPSA) is 81.3 Å². The van der Waals surface area contributed by atoms with Gasteiger partial charge in [-0.3, -0.25) is 4.79 Å². The molecule has 2 aromatic heterocycles. The molecule has 1 N–H and O–H groups in total. The fraction of sp³-hybridized carbons (Fsp3) is 0.120. The van der Waals surface area contributed by atoms with Crippen LogP contribution in [0.4, 0.5) is 5.69 Å². The van der Waals surface area contributed by atoms with E-state index >= 15 is 0 Å². The smallest absolute Gasteiger partial charge is 0.324 e. The summed E-state index contributed by atoms with van der Waals surface area (Å²) in [5.74, 6) is -0.379. The van der Waals surface area contributed by atoms with Gasteiger partial charge in [-0.1, -0.05) is 59.3 Å². The van der Waals surface area contributed by atoms with E-state index in [9.17, 15) is 9.59 Å². The molecule has 34 heavy (non-hydrogen) atoms. The molecule has 0 aliphatic carbocycles. The number of hydrogen-bond donors (Lipinski definition) is 1. The van der Waals surface area contributed by atoms with E-state index in [1.807, 2.05) is 68.4 Å². The Kier molecular flexibility index (Phi) is 5.85. The average molecular weight is 490 g/mol. The molecule has 0 radical (unpaired) electrons. The Morgan fingerprint density at radius 3 is 2.68 bits per heavy atom. The summed E-state index contributed by atoms with van der Waals surface area (Å²) in [6.07, 6.45) is 0. The SMILES string of the molecule is Cc1cccc(Sc2nc3ccccc3n3c(=O)n(CC(=O)Nc4ccc(C)c(Cl)c4)nc23)c1. The molecule has 0 saturated heterocycles. The van der Waals surface area contributed by atoms with Crippen molar-refractivity contribution in [1.82, 2.24) is 19.2 Å². The highest BCUT2D eigenvalue weighted by atomic mass is 35.5. The summed E-state index contributed by atoms with van der Waals surface area (Å²) in [6.45, 7) is 3.66. The number of nitrogens with one attached hydrogen (secondary N) is 1. The first kappa shape index (κ1) is 22.2. The highest BCUT2D eigenvalue weighted by Crippen LogP contribution is 2.30. The first-order valence-corrected chi connectivity index (χ1v) is 11.8. The van der Waals surface area contributed by atoms with Gasteiger partial charge in [0.15, 0.2) is 5.65 Å². The van der Waals surface area contributed by atoms with Crippen molar-refractivity contribution >= 4 is 51.6 Å². The zero-order valence-electron chi connectivity index (χ0n) is 18.4. The van der Waals surface area contributed by atoms with E-state index in [1.54, 1.807) is 12.1 Å². The zero-order valence-corrected chi connectivity index (χ0v) is 20.0. The number of amides is 1. The number of rotatable bonds is 5. The van der Waals surface area contributed by atoms with Gasteiger partial charge in [0, 0.05) is 15.6 Å². The second-order valence-electron chi connectivity index (χ2n) is 7.94. The third-order valence-corrected chi connectivity index (χ3v) is 6.69. The van der Waals surface area contributed by atoms with Crippen molar-refractivity contribution in [2.75, 3.05) is 5.32 Å². The van der Waals surface area contributed by atoms with Crippen molar-refractivity contribution < 1.29 is 4.79 Å². The lowest BCUT2D eigenvalue weighted by Gasteiger charge is -2.06. The molecule has 2 heterocycles. The van der Waals surface area contributed by atoms with Crippen LogP contribution in [0.1, 0.15) is 11.1 Å². The van der Waals surface area contributed by atoms with Crippen molar-refractivity contribution in [3.8, 4) is 0 Å². The fourth-order valence-corrected chi connectivity index (χ4v) is 4.80. The van der Waals surface area contributed by atoms with Crippen LogP contribution in [0.3, 0.4) is 0 Å². The van der Waals surface area contributed by atoms with Crippen molar-refractivity contribution in [2.24, 2.45) is 0 Å². The number of nitrogens with zero attached hydrogens (tertiary/aromatic N) is 4. The van der Waals surface area contributed by atoms with Crippen LogP contribution in [0, 0.1) is 13.8 Å². The molecule has 0 fully saturated rings. The predicted octanol–water partition coefficient (Wildman–Crippen LogP) is 5.10. The molecule has 0 aliphatic heterocycles. The quantitative estimate of drug-likeness (QED) is 0.371. The minimum atomic E-state index is -0.406. The number of para-hydroxylation sites is 2. The molecule has 1 amide bonds. The third kappa shape index (κ3) is 4.30. The number of aryl methyl sites for hydroxylation is 2. The molecule has 0 atom stereocenters. The predicted molar refractivity (Wildman–Crippen MR) is 135 cm³/mol. The van der Waals surface area contributed by atoms with Gasteiger partial charge in [-0.25, -0.2) is 18.9 Å². The molecule has 0 bridgehead atoms. The van der Waals surface area contributed by atoms with Gasteiger partial charge >= 0.3 is 5.69 Å². The van der Waals surface area contributed by atoms with Crippen LogP contribution < -0.4 is 11.0 Å². The number of benzene rings is 3. The minimum absolute atomic E-state index is 0.241. The largest absolute Gasteiger partial charge is 0.351 e. The van der Waals surface area contributed by atoms with E-state index in [2.05, 4.69) is 10.4 Å². The Morgan fingerprint density at radius 2 is 1.88 bits per heavy atom. The zero-order chi connectivity index (χ0) is 23.8. The number of carbonyl (C=O) groups is 1. The molecule has 170 valence electrons. The van der Waals surface area contributed by atoms with E-state index in [0.717, 1.165) is 20.7 Å². The van der Waals surface area contributed by atoms with Crippen molar-refractivity contribution in [2.45, 2.75) is 30.3 Å². The Labute approximate surface area is 204 Å². The molecule has 9 heteroatoms.